The third-order valence-electron chi connectivity index (χ3n) is 4.75. The van der Waals surface area contributed by atoms with Crippen LogP contribution >= 0.6 is 23.2 Å². The van der Waals surface area contributed by atoms with Crippen LogP contribution in [0.3, 0.4) is 0 Å². The number of ketones is 1. The molecule has 0 unspecified atom stereocenters. The first-order valence-corrected chi connectivity index (χ1v) is 9.89. The van der Waals surface area contributed by atoms with E-state index >= 15 is 0 Å². The zero-order valence-electron chi connectivity index (χ0n) is 16.0. The Kier molecular flexibility index (Phi) is 5.35. The van der Waals surface area contributed by atoms with Crippen LogP contribution in [-0.4, -0.2) is 5.78 Å². The van der Waals surface area contributed by atoms with Gasteiger partial charge in [-0.2, -0.15) is 0 Å². The van der Waals surface area contributed by atoms with E-state index in [2.05, 4.69) is 0 Å². The number of carbonyl (C=O) groups excluding carboxylic acids is 1. The lowest BCUT2D eigenvalue weighted by molar-refractivity contribution is 0.101. The van der Waals surface area contributed by atoms with Gasteiger partial charge in [0.15, 0.2) is 5.76 Å². The molecule has 29 heavy (non-hydrogen) atoms. The standard InChI is InChI=1S/C24H18Cl2O3/c1-14-4-3-5-16(10-14)12-22-23(27)18-7-9-21(15(2)24(18)29-22)28-13-17-6-8-19(25)20(26)11-17/h3-12H,13H2,1-2H3/b22-12-. The SMILES string of the molecule is Cc1cccc(/C=C2\Oc3c(ccc(OCc4ccc(Cl)c(Cl)c4)c3C)C2=O)c1. The lowest BCUT2D eigenvalue weighted by atomic mass is 10.1. The largest absolute Gasteiger partial charge is 0.488 e. The van der Waals surface area contributed by atoms with Gasteiger partial charge in [-0.3, -0.25) is 4.79 Å². The third kappa shape index (κ3) is 4.02. The number of allylic oxidation sites excluding steroid dienone is 1. The summed E-state index contributed by atoms with van der Waals surface area (Å²) in [4.78, 5) is 12.7. The fraction of sp³-hybridized carbons (Fsp3) is 0.125. The average Bonchev–Trinajstić information content (AvgIpc) is 3.00. The summed E-state index contributed by atoms with van der Waals surface area (Å²) < 4.78 is 11.8. The highest BCUT2D eigenvalue weighted by Gasteiger charge is 2.30. The fourth-order valence-electron chi connectivity index (χ4n) is 3.23. The lowest BCUT2D eigenvalue weighted by Gasteiger charge is -2.12. The quantitative estimate of drug-likeness (QED) is 0.431. The van der Waals surface area contributed by atoms with Gasteiger partial charge in [0.2, 0.25) is 5.78 Å². The topological polar surface area (TPSA) is 35.5 Å². The summed E-state index contributed by atoms with van der Waals surface area (Å²) in [6.45, 7) is 4.22. The van der Waals surface area contributed by atoms with Crippen molar-refractivity contribution in [1.82, 2.24) is 0 Å². The second-order valence-corrected chi connectivity index (χ2v) is 7.77. The van der Waals surface area contributed by atoms with Crippen molar-refractivity contribution in [2.75, 3.05) is 0 Å². The van der Waals surface area contributed by atoms with Crippen molar-refractivity contribution in [2.24, 2.45) is 0 Å². The van der Waals surface area contributed by atoms with Gasteiger partial charge in [-0.15, -0.1) is 0 Å². The molecule has 0 saturated heterocycles. The summed E-state index contributed by atoms with van der Waals surface area (Å²) in [5, 5.41) is 0.988. The molecule has 3 aromatic carbocycles. The second-order valence-electron chi connectivity index (χ2n) is 6.96. The van der Waals surface area contributed by atoms with E-state index in [-0.39, 0.29) is 5.78 Å². The molecule has 0 fully saturated rings. The number of ether oxygens (including phenoxy) is 2. The highest BCUT2D eigenvalue weighted by Crippen LogP contribution is 2.39. The van der Waals surface area contributed by atoms with E-state index in [0.717, 1.165) is 22.3 Å². The van der Waals surface area contributed by atoms with Gasteiger partial charge in [-0.1, -0.05) is 59.1 Å². The van der Waals surface area contributed by atoms with Crippen LogP contribution in [0.25, 0.3) is 6.08 Å². The number of aryl methyl sites for hydroxylation is 1. The van der Waals surface area contributed by atoms with Crippen molar-refractivity contribution in [3.8, 4) is 11.5 Å². The van der Waals surface area contributed by atoms with Crippen molar-refractivity contribution in [1.29, 1.82) is 0 Å². The second kappa shape index (κ2) is 7.94. The molecule has 0 N–H and O–H groups in total. The third-order valence-corrected chi connectivity index (χ3v) is 5.49. The van der Waals surface area contributed by atoms with Crippen LogP contribution in [0.1, 0.15) is 32.6 Å². The first-order valence-electron chi connectivity index (χ1n) is 9.13. The lowest BCUT2D eigenvalue weighted by Crippen LogP contribution is -1.98. The van der Waals surface area contributed by atoms with E-state index in [1.165, 1.54) is 0 Å². The number of hydrogen-bond acceptors (Lipinski definition) is 3. The summed E-state index contributed by atoms with van der Waals surface area (Å²) in [7, 11) is 0. The van der Waals surface area contributed by atoms with Crippen molar-refractivity contribution in [3.63, 3.8) is 0 Å². The van der Waals surface area contributed by atoms with Gasteiger partial charge in [-0.05, 0) is 55.3 Å². The number of carbonyl (C=O) groups is 1. The van der Waals surface area contributed by atoms with Crippen molar-refractivity contribution in [3.05, 3.63) is 98.2 Å². The number of Topliss-reactive ketones (excluding diaryl/α,β-unsaturated/α-hetero) is 1. The maximum atomic E-state index is 12.7. The Balaban J connectivity index is 1.57. The minimum atomic E-state index is -0.124. The maximum Gasteiger partial charge on any atom is 0.231 e. The minimum absolute atomic E-state index is 0.124. The first kappa shape index (κ1) is 19.6. The van der Waals surface area contributed by atoms with Gasteiger partial charge in [0, 0.05) is 5.56 Å². The number of fused-ring (bicyclic) bond motifs is 1. The van der Waals surface area contributed by atoms with Crippen LogP contribution in [0, 0.1) is 13.8 Å². The molecule has 4 rings (SSSR count). The number of hydrogen-bond donors (Lipinski definition) is 0. The molecule has 0 radical (unpaired) electrons. The van der Waals surface area contributed by atoms with E-state index in [4.69, 9.17) is 32.7 Å². The predicted molar refractivity (Wildman–Crippen MR) is 116 cm³/mol. The molecule has 0 spiro atoms. The van der Waals surface area contributed by atoms with E-state index in [1.54, 1.807) is 30.3 Å². The van der Waals surface area contributed by atoms with Crippen molar-refractivity contribution in [2.45, 2.75) is 20.5 Å². The van der Waals surface area contributed by atoms with Crippen LogP contribution in [0.2, 0.25) is 10.0 Å². The molecule has 0 aliphatic carbocycles. The molecule has 0 aromatic heterocycles. The van der Waals surface area contributed by atoms with Crippen LogP contribution in [0.15, 0.2) is 60.4 Å². The molecular weight excluding hydrogens is 407 g/mol. The average molecular weight is 425 g/mol. The molecule has 1 heterocycles. The molecule has 0 atom stereocenters. The zero-order chi connectivity index (χ0) is 20.5. The maximum absolute atomic E-state index is 12.7. The zero-order valence-corrected chi connectivity index (χ0v) is 17.5. The summed E-state index contributed by atoms with van der Waals surface area (Å²) in [5.41, 5.74) is 4.27. The Morgan fingerprint density at radius 1 is 1.00 bits per heavy atom. The monoisotopic (exact) mass is 424 g/mol. The van der Waals surface area contributed by atoms with Crippen LogP contribution in [-0.2, 0) is 6.61 Å². The van der Waals surface area contributed by atoms with Crippen LogP contribution in [0.4, 0.5) is 0 Å². The number of benzene rings is 3. The van der Waals surface area contributed by atoms with E-state index in [0.29, 0.717) is 39.5 Å². The van der Waals surface area contributed by atoms with Gasteiger partial charge in [0.1, 0.15) is 18.1 Å². The van der Waals surface area contributed by atoms with E-state index in [1.807, 2.05) is 44.2 Å². The highest BCUT2D eigenvalue weighted by atomic mass is 35.5. The molecule has 3 aromatic rings. The molecule has 0 saturated carbocycles. The molecule has 5 heteroatoms. The molecule has 0 bridgehead atoms. The number of halogens is 2. The Hall–Kier alpha value is -2.75. The van der Waals surface area contributed by atoms with E-state index < -0.39 is 0 Å². The molecule has 1 aliphatic heterocycles. The van der Waals surface area contributed by atoms with Crippen LogP contribution in [0.5, 0.6) is 11.5 Å². The summed E-state index contributed by atoms with van der Waals surface area (Å²) in [6, 6.07) is 16.8. The Morgan fingerprint density at radius 3 is 2.59 bits per heavy atom. The summed E-state index contributed by atoms with van der Waals surface area (Å²) in [6.07, 6.45) is 1.77. The van der Waals surface area contributed by atoms with Crippen molar-refractivity contribution >= 4 is 35.1 Å². The van der Waals surface area contributed by atoms with Gasteiger partial charge >= 0.3 is 0 Å². The molecular formula is C24H18Cl2O3. The molecule has 1 aliphatic rings. The fourth-order valence-corrected chi connectivity index (χ4v) is 3.55. The molecule has 0 amide bonds. The molecule has 146 valence electrons. The van der Waals surface area contributed by atoms with Gasteiger partial charge in [0.25, 0.3) is 0 Å². The van der Waals surface area contributed by atoms with E-state index in [9.17, 15) is 4.79 Å². The Morgan fingerprint density at radius 2 is 1.83 bits per heavy atom. The normalized spacial score (nSPS) is 14.1. The Bertz CT molecular complexity index is 1150. The van der Waals surface area contributed by atoms with Gasteiger partial charge < -0.3 is 9.47 Å². The highest BCUT2D eigenvalue weighted by molar-refractivity contribution is 6.42. The smallest absolute Gasteiger partial charge is 0.231 e. The summed E-state index contributed by atoms with van der Waals surface area (Å²) in [5.74, 6) is 1.39. The van der Waals surface area contributed by atoms with Gasteiger partial charge in [0.05, 0.1) is 15.6 Å². The molecule has 3 nitrogen and oxygen atoms in total. The predicted octanol–water partition coefficient (Wildman–Crippen LogP) is 6.81. The van der Waals surface area contributed by atoms with Crippen molar-refractivity contribution < 1.29 is 14.3 Å². The minimum Gasteiger partial charge on any atom is -0.488 e. The van der Waals surface area contributed by atoms with Crippen LogP contribution < -0.4 is 9.47 Å². The summed E-state index contributed by atoms with van der Waals surface area (Å²) >= 11 is 12.0. The first-order chi connectivity index (χ1) is 13.9. The number of rotatable bonds is 4. The Labute approximate surface area is 179 Å². The van der Waals surface area contributed by atoms with Gasteiger partial charge in [-0.25, -0.2) is 0 Å².